The maximum atomic E-state index is 6.02. The van der Waals surface area contributed by atoms with Gasteiger partial charge >= 0.3 is 0 Å². The Hall–Kier alpha value is -0.0900. The first-order valence-electron chi connectivity index (χ1n) is 7.44. The number of benzene rings is 1. The van der Waals surface area contributed by atoms with E-state index >= 15 is 0 Å². The standard InChI is InChI=1S/C16H24BrClN2/c1-12(2)9-20(11-15-4-3-7-19-15)10-13-5-6-14(18)8-16(13)17/h5-6,8,12,15,19H,3-4,7,9-11H2,1-2H3. The molecule has 1 saturated heterocycles. The van der Waals surface area contributed by atoms with Crippen LogP contribution in [0.1, 0.15) is 32.3 Å². The molecule has 1 aliphatic heterocycles. The minimum Gasteiger partial charge on any atom is -0.313 e. The Morgan fingerprint density at radius 3 is 2.85 bits per heavy atom. The van der Waals surface area contributed by atoms with Crippen molar-refractivity contribution in [1.82, 2.24) is 10.2 Å². The minimum atomic E-state index is 0.653. The van der Waals surface area contributed by atoms with Crippen LogP contribution in [0.4, 0.5) is 0 Å². The van der Waals surface area contributed by atoms with Gasteiger partial charge in [-0.3, -0.25) is 4.90 Å². The molecular formula is C16H24BrClN2. The van der Waals surface area contributed by atoms with Crippen LogP contribution < -0.4 is 5.32 Å². The second-order valence-electron chi connectivity index (χ2n) is 6.12. The van der Waals surface area contributed by atoms with Gasteiger partial charge in [0.1, 0.15) is 0 Å². The summed E-state index contributed by atoms with van der Waals surface area (Å²) in [5.74, 6) is 0.683. The highest BCUT2D eigenvalue weighted by Crippen LogP contribution is 2.23. The van der Waals surface area contributed by atoms with Crippen LogP contribution in [0.5, 0.6) is 0 Å². The van der Waals surface area contributed by atoms with Gasteiger partial charge in [0, 0.05) is 35.2 Å². The molecule has 0 bridgehead atoms. The molecule has 20 heavy (non-hydrogen) atoms. The van der Waals surface area contributed by atoms with Gasteiger partial charge in [0.05, 0.1) is 0 Å². The van der Waals surface area contributed by atoms with Crippen molar-refractivity contribution in [3.8, 4) is 0 Å². The molecule has 4 heteroatoms. The lowest BCUT2D eigenvalue weighted by molar-refractivity contribution is 0.216. The van der Waals surface area contributed by atoms with E-state index in [0.717, 1.165) is 29.1 Å². The summed E-state index contributed by atoms with van der Waals surface area (Å²) in [4.78, 5) is 2.56. The topological polar surface area (TPSA) is 15.3 Å². The molecule has 2 rings (SSSR count). The van der Waals surface area contributed by atoms with E-state index in [1.807, 2.05) is 12.1 Å². The van der Waals surface area contributed by atoms with Crippen molar-refractivity contribution in [1.29, 1.82) is 0 Å². The Bertz CT molecular complexity index is 430. The molecule has 1 atom stereocenters. The summed E-state index contributed by atoms with van der Waals surface area (Å²) in [6, 6.07) is 6.74. The number of nitrogens with zero attached hydrogens (tertiary/aromatic N) is 1. The number of rotatable bonds is 6. The number of nitrogens with one attached hydrogen (secondary N) is 1. The van der Waals surface area contributed by atoms with Gasteiger partial charge in [0.2, 0.25) is 0 Å². The predicted molar refractivity (Wildman–Crippen MR) is 90.3 cm³/mol. The maximum Gasteiger partial charge on any atom is 0.0417 e. The number of hydrogen-bond acceptors (Lipinski definition) is 2. The van der Waals surface area contributed by atoms with E-state index in [-0.39, 0.29) is 0 Å². The van der Waals surface area contributed by atoms with E-state index in [9.17, 15) is 0 Å². The summed E-state index contributed by atoms with van der Waals surface area (Å²) in [5, 5.41) is 4.38. The predicted octanol–water partition coefficient (Wildman–Crippen LogP) is 4.31. The van der Waals surface area contributed by atoms with Gasteiger partial charge < -0.3 is 5.32 Å². The van der Waals surface area contributed by atoms with Crippen molar-refractivity contribution in [3.05, 3.63) is 33.3 Å². The van der Waals surface area contributed by atoms with E-state index in [0.29, 0.717) is 12.0 Å². The zero-order chi connectivity index (χ0) is 14.5. The number of hydrogen-bond donors (Lipinski definition) is 1. The first-order valence-corrected chi connectivity index (χ1v) is 8.61. The molecule has 0 aliphatic carbocycles. The van der Waals surface area contributed by atoms with E-state index < -0.39 is 0 Å². The molecule has 0 spiro atoms. The summed E-state index contributed by atoms with van der Waals surface area (Å²) >= 11 is 9.65. The van der Waals surface area contributed by atoms with E-state index in [4.69, 9.17) is 11.6 Å². The fraction of sp³-hybridized carbons (Fsp3) is 0.625. The van der Waals surface area contributed by atoms with E-state index in [1.54, 1.807) is 0 Å². The molecule has 1 fully saturated rings. The highest BCUT2D eigenvalue weighted by molar-refractivity contribution is 9.10. The Kier molecular flexibility index (Phi) is 6.34. The van der Waals surface area contributed by atoms with Crippen molar-refractivity contribution < 1.29 is 0 Å². The van der Waals surface area contributed by atoms with Crippen molar-refractivity contribution in [2.75, 3.05) is 19.6 Å². The van der Waals surface area contributed by atoms with Crippen LogP contribution >= 0.6 is 27.5 Å². The molecule has 112 valence electrons. The van der Waals surface area contributed by atoms with E-state index in [1.165, 1.54) is 24.9 Å². The molecule has 2 nitrogen and oxygen atoms in total. The molecule has 1 heterocycles. The molecule has 1 unspecified atom stereocenters. The normalized spacial score (nSPS) is 19.2. The first-order chi connectivity index (χ1) is 9.54. The average molecular weight is 360 g/mol. The molecule has 1 aromatic rings. The maximum absolute atomic E-state index is 6.02. The van der Waals surface area contributed by atoms with Gasteiger partial charge in [-0.25, -0.2) is 0 Å². The van der Waals surface area contributed by atoms with Crippen LogP contribution in [0.3, 0.4) is 0 Å². The minimum absolute atomic E-state index is 0.653. The molecule has 1 N–H and O–H groups in total. The molecule has 0 radical (unpaired) electrons. The zero-order valence-electron chi connectivity index (χ0n) is 12.3. The van der Waals surface area contributed by atoms with Crippen LogP contribution in [0, 0.1) is 5.92 Å². The average Bonchev–Trinajstić information content (AvgIpc) is 2.84. The molecule has 0 amide bonds. The summed E-state index contributed by atoms with van der Waals surface area (Å²) < 4.78 is 1.11. The second-order valence-corrected chi connectivity index (χ2v) is 7.41. The van der Waals surface area contributed by atoms with Gasteiger partial charge in [-0.05, 0) is 43.0 Å². The summed E-state index contributed by atoms with van der Waals surface area (Å²) in [6.07, 6.45) is 2.61. The third-order valence-electron chi connectivity index (χ3n) is 3.67. The van der Waals surface area contributed by atoms with Crippen molar-refractivity contribution in [3.63, 3.8) is 0 Å². The lowest BCUT2D eigenvalue weighted by atomic mass is 10.1. The Morgan fingerprint density at radius 1 is 1.45 bits per heavy atom. The largest absolute Gasteiger partial charge is 0.313 e. The molecule has 0 aromatic heterocycles. The van der Waals surface area contributed by atoms with Crippen molar-refractivity contribution >= 4 is 27.5 Å². The highest BCUT2D eigenvalue weighted by atomic mass is 79.9. The van der Waals surface area contributed by atoms with Crippen LogP contribution in [-0.2, 0) is 6.54 Å². The Labute approximate surface area is 136 Å². The first kappa shape index (κ1) is 16.3. The van der Waals surface area contributed by atoms with Crippen LogP contribution in [-0.4, -0.2) is 30.6 Å². The van der Waals surface area contributed by atoms with Crippen LogP contribution in [0.25, 0.3) is 0 Å². The summed E-state index contributed by atoms with van der Waals surface area (Å²) in [7, 11) is 0. The fourth-order valence-electron chi connectivity index (χ4n) is 2.84. The summed E-state index contributed by atoms with van der Waals surface area (Å²) in [5.41, 5.74) is 1.31. The quantitative estimate of drug-likeness (QED) is 0.814. The van der Waals surface area contributed by atoms with Crippen molar-refractivity contribution in [2.45, 2.75) is 39.3 Å². The molecule has 0 saturated carbocycles. The molecule has 1 aliphatic rings. The lowest BCUT2D eigenvalue weighted by Gasteiger charge is -2.27. The zero-order valence-corrected chi connectivity index (χ0v) is 14.7. The second kappa shape index (κ2) is 7.79. The third kappa shape index (κ3) is 5.03. The molecule has 1 aromatic carbocycles. The van der Waals surface area contributed by atoms with Crippen LogP contribution in [0.2, 0.25) is 5.02 Å². The smallest absolute Gasteiger partial charge is 0.0417 e. The Balaban J connectivity index is 2.01. The van der Waals surface area contributed by atoms with E-state index in [2.05, 4.69) is 46.1 Å². The SMILES string of the molecule is CC(C)CN(Cc1ccc(Cl)cc1Br)CC1CCCN1. The van der Waals surface area contributed by atoms with Crippen LogP contribution in [0.15, 0.2) is 22.7 Å². The Morgan fingerprint density at radius 2 is 2.25 bits per heavy atom. The lowest BCUT2D eigenvalue weighted by Crippen LogP contribution is -2.39. The van der Waals surface area contributed by atoms with Gasteiger partial charge in [-0.15, -0.1) is 0 Å². The molecular weight excluding hydrogens is 336 g/mol. The van der Waals surface area contributed by atoms with Gasteiger partial charge in [-0.2, -0.15) is 0 Å². The van der Waals surface area contributed by atoms with Crippen molar-refractivity contribution in [2.24, 2.45) is 5.92 Å². The summed E-state index contributed by atoms with van der Waals surface area (Å²) in [6.45, 7) is 8.98. The van der Waals surface area contributed by atoms with Gasteiger partial charge in [-0.1, -0.05) is 47.4 Å². The monoisotopic (exact) mass is 358 g/mol. The highest BCUT2D eigenvalue weighted by Gasteiger charge is 2.19. The number of halogens is 2. The fourth-order valence-corrected chi connectivity index (χ4v) is 3.64. The van der Waals surface area contributed by atoms with Gasteiger partial charge in [0.25, 0.3) is 0 Å². The third-order valence-corrected chi connectivity index (χ3v) is 4.65. The van der Waals surface area contributed by atoms with Gasteiger partial charge in [0.15, 0.2) is 0 Å².